The number of nitrogens with zero attached hydrogens (tertiary/aromatic N) is 1. The van der Waals surface area contributed by atoms with Crippen LogP contribution in [-0.4, -0.2) is 56.0 Å². The molecule has 0 aliphatic carbocycles. The van der Waals surface area contributed by atoms with Crippen LogP contribution < -0.4 is 9.47 Å². The summed E-state index contributed by atoms with van der Waals surface area (Å²) in [6, 6.07) is 13.1. The summed E-state index contributed by atoms with van der Waals surface area (Å²) in [7, 11) is 3.15. The smallest absolute Gasteiger partial charge is 0.227 e. The fourth-order valence-corrected chi connectivity index (χ4v) is 3.58. The van der Waals surface area contributed by atoms with Crippen LogP contribution in [0.15, 0.2) is 42.5 Å². The largest absolute Gasteiger partial charge is 0.493 e. The van der Waals surface area contributed by atoms with Crippen LogP contribution in [0.3, 0.4) is 0 Å². The minimum atomic E-state index is -0.492. The fourth-order valence-electron chi connectivity index (χ4n) is 3.58. The zero-order valence-corrected chi connectivity index (χ0v) is 16.6. The number of carbonyl (C=O) groups is 1. The monoisotopic (exact) mass is 385 g/mol. The van der Waals surface area contributed by atoms with Gasteiger partial charge in [0.25, 0.3) is 0 Å². The van der Waals surface area contributed by atoms with E-state index in [0.29, 0.717) is 31.1 Å². The molecular weight excluding hydrogens is 358 g/mol. The maximum atomic E-state index is 13.1. The first-order chi connectivity index (χ1) is 13.6. The van der Waals surface area contributed by atoms with E-state index in [0.717, 1.165) is 16.7 Å². The Balaban J connectivity index is 1.89. The van der Waals surface area contributed by atoms with Gasteiger partial charge in [0.05, 0.1) is 39.9 Å². The second kappa shape index (κ2) is 9.08. The van der Waals surface area contributed by atoms with Crippen molar-refractivity contribution in [2.45, 2.75) is 25.5 Å². The number of aliphatic hydroxyl groups is 1. The number of carbonyl (C=O) groups excluding carboxylic acids is 1. The Bertz CT molecular complexity index is 805. The lowest BCUT2D eigenvalue weighted by Crippen LogP contribution is -2.49. The standard InChI is InChI=1S/C22H27NO5/c1-15-4-6-16(7-5-15)12-21(25)23-10-11-28-20(14-24)22(23)17-8-9-18(26-2)19(13-17)27-3/h4-9,13,20,22,24H,10-12,14H2,1-3H3/t20-,22-/m1/s1. The van der Waals surface area contributed by atoms with Gasteiger partial charge in [0.1, 0.15) is 6.10 Å². The predicted molar refractivity (Wildman–Crippen MR) is 106 cm³/mol. The Hall–Kier alpha value is -2.57. The van der Waals surface area contributed by atoms with Crippen LogP contribution in [-0.2, 0) is 16.0 Å². The van der Waals surface area contributed by atoms with Gasteiger partial charge in [-0.3, -0.25) is 4.79 Å². The lowest BCUT2D eigenvalue weighted by molar-refractivity contribution is -0.149. The van der Waals surface area contributed by atoms with Crippen molar-refractivity contribution in [1.82, 2.24) is 4.90 Å². The van der Waals surface area contributed by atoms with Crippen molar-refractivity contribution in [3.8, 4) is 11.5 Å². The van der Waals surface area contributed by atoms with Crippen molar-refractivity contribution in [3.05, 3.63) is 59.2 Å². The Morgan fingerprint density at radius 2 is 1.86 bits per heavy atom. The molecule has 3 rings (SSSR count). The van der Waals surface area contributed by atoms with Crippen LogP contribution in [0.4, 0.5) is 0 Å². The zero-order chi connectivity index (χ0) is 20.1. The number of ether oxygens (including phenoxy) is 3. The second-order valence-electron chi connectivity index (χ2n) is 6.90. The molecule has 1 fully saturated rings. The fraction of sp³-hybridized carbons (Fsp3) is 0.409. The van der Waals surface area contributed by atoms with Crippen molar-refractivity contribution in [3.63, 3.8) is 0 Å². The first kappa shape index (κ1) is 20.2. The van der Waals surface area contributed by atoms with Crippen molar-refractivity contribution >= 4 is 5.91 Å². The summed E-state index contributed by atoms with van der Waals surface area (Å²) in [6.45, 7) is 2.72. The summed E-state index contributed by atoms with van der Waals surface area (Å²) in [5.41, 5.74) is 2.97. The maximum Gasteiger partial charge on any atom is 0.227 e. The summed E-state index contributed by atoms with van der Waals surface area (Å²) in [5.74, 6) is 1.19. The van der Waals surface area contributed by atoms with Gasteiger partial charge in [0.2, 0.25) is 5.91 Å². The lowest BCUT2D eigenvalue weighted by Gasteiger charge is -2.41. The molecule has 2 aromatic rings. The summed E-state index contributed by atoms with van der Waals surface area (Å²) in [6.07, 6.45) is -0.184. The third-order valence-electron chi connectivity index (χ3n) is 5.08. The number of amides is 1. The molecule has 2 aromatic carbocycles. The van der Waals surface area contributed by atoms with E-state index in [1.165, 1.54) is 0 Å². The molecule has 1 saturated heterocycles. The molecule has 0 radical (unpaired) electrons. The molecule has 0 aromatic heterocycles. The molecule has 28 heavy (non-hydrogen) atoms. The third-order valence-corrected chi connectivity index (χ3v) is 5.08. The average molecular weight is 385 g/mol. The van der Waals surface area contributed by atoms with Crippen molar-refractivity contribution < 1.29 is 24.1 Å². The Morgan fingerprint density at radius 1 is 1.14 bits per heavy atom. The molecular formula is C22H27NO5. The Labute approximate surface area is 165 Å². The number of hydrogen-bond donors (Lipinski definition) is 1. The van der Waals surface area contributed by atoms with Gasteiger partial charge in [-0.05, 0) is 30.2 Å². The van der Waals surface area contributed by atoms with Gasteiger partial charge in [0.15, 0.2) is 11.5 Å². The summed E-state index contributed by atoms with van der Waals surface area (Å²) >= 11 is 0. The Morgan fingerprint density at radius 3 is 2.50 bits per heavy atom. The van der Waals surface area contributed by atoms with Gasteiger partial charge in [0, 0.05) is 6.54 Å². The minimum absolute atomic E-state index is 0.00499. The molecule has 150 valence electrons. The van der Waals surface area contributed by atoms with Crippen molar-refractivity contribution in [2.75, 3.05) is 34.0 Å². The molecule has 2 atom stereocenters. The Kier molecular flexibility index (Phi) is 6.54. The van der Waals surface area contributed by atoms with Crippen molar-refractivity contribution in [2.24, 2.45) is 0 Å². The maximum absolute atomic E-state index is 13.1. The summed E-state index contributed by atoms with van der Waals surface area (Å²) in [4.78, 5) is 14.9. The van der Waals surface area contributed by atoms with Gasteiger partial charge >= 0.3 is 0 Å². The number of rotatable bonds is 6. The van der Waals surface area contributed by atoms with Crippen LogP contribution in [0.5, 0.6) is 11.5 Å². The molecule has 6 heteroatoms. The average Bonchev–Trinajstić information content (AvgIpc) is 2.74. The zero-order valence-electron chi connectivity index (χ0n) is 16.6. The molecule has 1 aliphatic heterocycles. The predicted octanol–water partition coefficient (Wildman–Crippen LogP) is 2.52. The number of hydrogen-bond acceptors (Lipinski definition) is 5. The number of aliphatic hydroxyl groups excluding tert-OH is 1. The molecule has 1 amide bonds. The molecule has 0 unspecified atom stereocenters. The van der Waals surface area contributed by atoms with Crippen LogP contribution in [0.1, 0.15) is 22.7 Å². The van der Waals surface area contributed by atoms with Crippen LogP contribution in [0.2, 0.25) is 0 Å². The van der Waals surface area contributed by atoms with Gasteiger partial charge in [-0.1, -0.05) is 35.9 Å². The summed E-state index contributed by atoms with van der Waals surface area (Å²) < 4.78 is 16.5. The van der Waals surface area contributed by atoms with Gasteiger partial charge in [-0.25, -0.2) is 0 Å². The van der Waals surface area contributed by atoms with E-state index in [2.05, 4.69) is 0 Å². The van der Waals surface area contributed by atoms with Gasteiger partial charge in [-0.2, -0.15) is 0 Å². The van der Waals surface area contributed by atoms with E-state index in [1.54, 1.807) is 25.2 Å². The number of morpholine rings is 1. The van der Waals surface area contributed by atoms with Crippen molar-refractivity contribution in [1.29, 1.82) is 0 Å². The highest BCUT2D eigenvalue weighted by Gasteiger charge is 2.36. The quantitative estimate of drug-likeness (QED) is 0.828. The first-order valence-corrected chi connectivity index (χ1v) is 9.36. The van der Waals surface area contributed by atoms with Crippen LogP contribution in [0, 0.1) is 6.92 Å². The van der Waals surface area contributed by atoms with Gasteiger partial charge < -0.3 is 24.2 Å². The minimum Gasteiger partial charge on any atom is -0.493 e. The molecule has 1 aliphatic rings. The van der Waals surface area contributed by atoms with Crippen LogP contribution >= 0.6 is 0 Å². The van der Waals surface area contributed by atoms with E-state index in [1.807, 2.05) is 43.3 Å². The first-order valence-electron chi connectivity index (χ1n) is 9.36. The van der Waals surface area contributed by atoms with E-state index in [4.69, 9.17) is 14.2 Å². The number of aryl methyl sites for hydroxylation is 1. The third kappa shape index (κ3) is 4.29. The van der Waals surface area contributed by atoms with E-state index < -0.39 is 12.1 Å². The van der Waals surface area contributed by atoms with Crippen LogP contribution in [0.25, 0.3) is 0 Å². The second-order valence-corrected chi connectivity index (χ2v) is 6.90. The lowest BCUT2D eigenvalue weighted by atomic mass is 9.96. The van der Waals surface area contributed by atoms with E-state index in [9.17, 15) is 9.90 Å². The molecule has 6 nitrogen and oxygen atoms in total. The molecule has 0 spiro atoms. The molecule has 1 N–H and O–H groups in total. The SMILES string of the molecule is COc1ccc([C@@H]2[C@@H](CO)OCCN2C(=O)Cc2ccc(C)cc2)cc1OC. The van der Waals surface area contributed by atoms with Gasteiger partial charge in [-0.15, -0.1) is 0 Å². The molecule has 1 heterocycles. The normalized spacial score (nSPS) is 19.4. The van der Waals surface area contributed by atoms with E-state index >= 15 is 0 Å². The molecule has 0 bridgehead atoms. The highest BCUT2D eigenvalue weighted by atomic mass is 16.5. The topological polar surface area (TPSA) is 68.2 Å². The molecule has 0 saturated carbocycles. The highest BCUT2D eigenvalue weighted by molar-refractivity contribution is 5.79. The number of benzene rings is 2. The van der Waals surface area contributed by atoms with E-state index in [-0.39, 0.29) is 12.5 Å². The summed E-state index contributed by atoms with van der Waals surface area (Å²) in [5, 5.41) is 9.85. The highest BCUT2D eigenvalue weighted by Crippen LogP contribution is 2.35. The number of methoxy groups -OCH3 is 2.